The van der Waals surface area contributed by atoms with E-state index in [0.717, 1.165) is 5.56 Å². The van der Waals surface area contributed by atoms with Gasteiger partial charge in [0.15, 0.2) is 0 Å². The Morgan fingerprint density at radius 1 is 1.41 bits per heavy atom. The molecule has 1 heterocycles. The molecule has 0 saturated carbocycles. The third-order valence-electron chi connectivity index (χ3n) is 2.22. The Morgan fingerprint density at radius 2 is 2.18 bits per heavy atom. The van der Waals surface area contributed by atoms with Gasteiger partial charge in [0, 0.05) is 0 Å². The van der Waals surface area contributed by atoms with Crippen LogP contribution < -0.4 is 11.1 Å². The number of nitrogens with one attached hydrogen (secondary N) is 2. The first-order valence-corrected chi connectivity index (χ1v) is 5.09. The SMILES string of the molecule is N[C@H](Cc1ccccc1)C(=O)Nc1nn[nH]n1. The van der Waals surface area contributed by atoms with Gasteiger partial charge in [-0.2, -0.15) is 5.21 Å². The number of nitrogens with zero attached hydrogens (tertiary/aromatic N) is 3. The van der Waals surface area contributed by atoms with E-state index in [4.69, 9.17) is 5.73 Å². The van der Waals surface area contributed by atoms with Gasteiger partial charge in [0.2, 0.25) is 5.91 Å². The highest BCUT2D eigenvalue weighted by atomic mass is 16.2. The predicted octanol–water partition coefficient (Wildman–Crippen LogP) is -0.292. The first-order valence-electron chi connectivity index (χ1n) is 5.09. The minimum atomic E-state index is -0.643. The van der Waals surface area contributed by atoms with Crippen molar-refractivity contribution in [2.24, 2.45) is 5.73 Å². The van der Waals surface area contributed by atoms with E-state index in [1.54, 1.807) is 0 Å². The molecule has 1 amide bonds. The van der Waals surface area contributed by atoms with Crippen LogP contribution in [-0.2, 0) is 11.2 Å². The van der Waals surface area contributed by atoms with Crippen LogP contribution in [-0.4, -0.2) is 32.6 Å². The molecule has 0 bridgehead atoms. The zero-order valence-corrected chi connectivity index (χ0v) is 9.00. The number of aromatic nitrogens is 4. The summed E-state index contributed by atoms with van der Waals surface area (Å²) in [5.41, 5.74) is 6.77. The average Bonchev–Trinajstić information content (AvgIpc) is 2.83. The quantitative estimate of drug-likeness (QED) is 0.671. The van der Waals surface area contributed by atoms with Crippen LogP contribution in [0.4, 0.5) is 5.95 Å². The highest BCUT2D eigenvalue weighted by Crippen LogP contribution is 2.03. The molecule has 1 aromatic carbocycles. The monoisotopic (exact) mass is 232 g/mol. The average molecular weight is 232 g/mol. The zero-order valence-electron chi connectivity index (χ0n) is 9.00. The number of amides is 1. The van der Waals surface area contributed by atoms with Crippen molar-refractivity contribution >= 4 is 11.9 Å². The third kappa shape index (κ3) is 3.08. The first kappa shape index (κ1) is 11.2. The van der Waals surface area contributed by atoms with Gasteiger partial charge in [0.1, 0.15) is 0 Å². The second-order valence-corrected chi connectivity index (χ2v) is 3.52. The number of carbonyl (C=O) groups is 1. The molecule has 7 heteroatoms. The van der Waals surface area contributed by atoms with Crippen LogP contribution in [0.15, 0.2) is 30.3 Å². The van der Waals surface area contributed by atoms with Gasteiger partial charge in [-0.1, -0.05) is 35.4 Å². The molecule has 1 aromatic heterocycles. The summed E-state index contributed by atoms with van der Waals surface area (Å²) in [6.07, 6.45) is 0.463. The number of hydrogen-bond acceptors (Lipinski definition) is 5. The summed E-state index contributed by atoms with van der Waals surface area (Å²) in [7, 11) is 0. The number of H-pyrrole nitrogens is 1. The summed E-state index contributed by atoms with van der Waals surface area (Å²) in [5, 5.41) is 15.2. The van der Waals surface area contributed by atoms with E-state index >= 15 is 0 Å². The van der Waals surface area contributed by atoms with Crippen LogP contribution in [0.2, 0.25) is 0 Å². The molecule has 0 aliphatic rings. The van der Waals surface area contributed by atoms with Crippen molar-refractivity contribution in [2.75, 3.05) is 5.32 Å². The largest absolute Gasteiger partial charge is 0.320 e. The molecule has 1 atom stereocenters. The topological polar surface area (TPSA) is 110 Å². The molecule has 0 saturated heterocycles. The van der Waals surface area contributed by atoms with E-state index in [-0.39, 0.29) is 11.9 Å². The van der Waals surface area contributed by atoms with Gasteiger partial charge < -0.3 is 5.73 Å². The van der Waals surface area contributed by atoms with Crippen molar-refractivity contribution < 1.29 is 4.79 Å². The number of benzene rings is 1. The fourth-order valence-corrected chi connectivity index (χ4v) is 1.38. The molecular formula is C10H12N6O. The van der Waals surface area contributed by atoms with Gasteiger partial charge in [-0.15, -0.1) is 5.10 Å². The van der Waals surface area contributed by atoms with E-state index in [1.165, 1.54) is 0 Å². The maximum atomic E-state index is 11.7. The van der Waals surface area contributed by atoms with E-state index in [2.05, 4.69) is 25.9 Å². The lowest BCUT2D eigenvalue weighted by molar-refractivity contribution is -0.117. The maximum Gasteiger partial charge on any atom is 0.269 e. The van der Waals surface area contributed by atoms with Crippen LogP contribution in [0.3, 0.4) is 0 Å². The fourth-order valence-electron chi connectivity index (χ4n) is 1.38. The lowest BCUT2D eigenvalue weighted by atomic mass is 10.1. The summed E-state index contributed by atoms with van der Waals surface area (Å²) >= 11 is 0. The number of hydrogen-bond donors (Lipinski definition) is 3. The molecule has 7 nitrogen and oxygen atoms in total. The molecule has 0 fully saturated rings. The highest BCUT2D eigenvalue weighted by molar-refractivity contribution is 5.93. The van der Waals surface area contributed by atoms with E-state index in [9.17, 15) is 4.79 Å². The standard InChI is InChI=1S/C10H12N6O/c11-8(6-7-4-2-1-3-5-7)9(17)12-10-13-15-16-14-10/h1-5,8H,6,11H2,(H2,12,13,14,15,16,17)/t8-/m1/s1. The minimum absolute atomic E-state index is 0.124. The molecule has 0 radical (unpaired) electrons. The van der Waals surface area contributed by atoms with E-state index < -0.39 is 6.04 Å². The van der Waals surface area contributed by atoms with Crippen molar-refractivity contribution in [1.82, 2.24) is 20.6 Å². The molecule has 4 N–H and O–H groups in total. The third-order valence-corrected chi connectivity index (χ3v) is 2.22. The maximum absolute atomic E-state index is 11.7. The Kier molecular flexibility index (Phi) is 3.41. The van der Waals surface area contributed by atoms with Gasteiger partial charge in [-0.3, -0.25) is 10.1 Å². The van der Waals surface area contributed by atoms with Crippen molar-refractivity contribution in [3.8, 4) is 0 Å². The summed E-state index contributed by atoms with van der Waals surface area (Å²) in [6.45, 7) is 0. The number of nitrogens with two attached hydrogens (primary N) is 1. The summed E-state index contributed by atoms with van der Waals surface area (Å²) in [5.74, 6) is -0.214. The smallest absolute Gasteiger partial charge is 0.269 e. The van der Waals surface area contributed by atoms with Crippen LogP contribution in [0.1, 0.15) is 5.56 Å². The normalized spacial score (nSPS) is 12.1. The summed E-state index contributed by atoms with van der Waals surface area (Å²) < 4.78 is 0. The van der Waals surface area contributed by atoms with Gasteiger partial charge in [-0.05, 0) is 17.2 Å². The van der Waals surface area contributed by atoms with Crippen molar-refractivity contribution in [3.63, 3.8) is 0 Å². The highest BCUT2D eigenvalue weighted by Gasteiger charge is 2.15. The van der Waals surface area contributed by atoms with Crippen LogP contribution in [0.25, 0.3) is 0 Å². The number of carbonyl (C=O) groups excluding carboxylic acids is 1. The van der Waals surface area contributed by atoms with E-state index in [0.29, 0.717) is 6.42 Å². The van der Waals surface area contributed by atoms with Gasteiger partial charge in [-0.25, -0.2) is 0 Å². The molecule has 17 heavy (non-hydrogen) atoms. The summed E-state index contributed by atoms with van der Waals surface area (Å²) in [4.78, 5) is 11.7. The summed E-state index contributed by atoms with van der Waals surface area (Å²) in [6, 6.07) is 8.91. The predicted molar refractivity (Wildman–Crippen MR) is 60.9 cm³/mol. The molecule has 0 unspecified atom stereocenters. The number of anilines is 1. The second-order valence-electron chi connectivity index (χ2n) is 3.52. The van der Waals surface area contributed by atoms with Crippen LogP contribution in [0.5, 0.6) is 0 Å². The van der Waals surface area contributed by atoms with Crippen molar-refractivity contribution in [1.29, 1.82) is 0 Å². The van der Waals surface area contributed by atoms with Crippen molar-refractivity contribution in [2.45, 2.75) is 12.5 Å². The Labute approximate surface area is 97.4 Å². The Morgan fingerprint density at radius 3 is 2.82 bits per heavy atom. The van der Waals surface area contributed by atoms with E-state index in [1.807, 2.05) is 30.3 Å². The molecule has 0 spiro atoms. The van der Waals surface area contributed by atoms with Crippen molar-refractivity contribution in [3.05, 3.63) is 35.9 Å². The molecule has 88 valence electrons. The van der Waals surface area contributed by atoms with Crippen LogP contribution >= 0.6 is 0 Å². The number of tetrazole rings is 1. The first-order chi connectivity index (χ1) is 8.25. The lowest BCUT2D eigenvalue weighted by Gasteiger charge is -2.09. The molecular weight excluding hydrogens is 220 g/mol. The van der Waals surface area contributed by atoms with Crippen LogP contribution in [0, 0.1) is 0 Å². The second kappa shape index (κ2) is 5.17. The Bertz CT molecular complexity index is 469. The minimum Gasteiger partial charge on any atom is -0.320 e. The van der Waals surface area contributed by atoms with Gasteiger partial charge in [0.25, 0.3) is 5.95 Å². The Balaban J connectivity index is 1.92. The molecule has 0 aliphatic carbocycles. The number of rotatable bonds is 4. The lowest BCUT2D eigenvalue weighted by Crippen LogP contribution is -2.37. The fraction of sp³-hybridized carbons (Fsp3) is 0.200. The Hall–Kier alpha value is -2.28. The zero-order chi connectivity index (χ0) is 12.1. The van der Waals surface area contributed by atoms with Gasteiger partial charge in [0.05, 0.1) is 6.04 Å². The molecule has 0 aliphatic heterocycles. The number of aromatic amines is 1. The molecule has 2 rings (SSSR count). The van der Waals surface area contributed by atoms with Gasteiger partial charge >= 0.3 is 0 Å². The molecule has 2 aromatic rings.